The van der Waals surface area contributed by atoms with Gasteiger partial charge in [-0.2, -0.15) is 10.1 Å². The third-order valence-electron chi connectivity index (χ3n) is 4.36. The molecule has 25 heavy (non-hydrogen) atoms. The van der Waals surface area contributed by atoms with Crippen molar-refractivity contribution in [1.29, 1.82) is 0 Å². The fourth-order valence-corrected chi connectivity index (χ4v) is 3.12. The van der Waals surface area contributed by atoms with Crippen molar-refractivity contribution in [3.05, 3.63) is 41.0 Å². The molecule has 0 bridgehead atoms. The van der Waals surface area contributed by atoms with Gasteiger partial charge in [0.2, 0.25) is 0 Å². The van der Waals surface area contributed by atoms with Crippen molar-refractivity contribution in [2.24, 2.45) is 0 Å². The van der Waals surface area contributed by atoms with Crippen LogP contribution in [0.1, 0.15) is 37.5 Å². The number of nitrogens with one attached hydrogen (secondary N) is 1. The van der Waals surface area contributed by atoms with Gasteiger partial charge >= 0.3 is 6.01 Å². The van der Waals surface area contributed by atoms with Crippen molar-refractivity contribution in [3.8, 4) is 5.82 Å². The summed E-state index contributed by atoms with van der Waals surface area (Å²) in [5, 5.41) is 15.5. The first kappa shape index (κ1) is 15.5. The minimum absolute atomic E-state index is 0.0680. The lowest BCUT2D eigenvalue weighted by Crippen LogP contribution is -2.33. The lowest BCUT2D eigenvalue weighted by Gasteiger charge is -2.29. The van der Waals surface area contributed by atoms with Crippen LogP contribution in [0.15, 0.2) is 34.1 Å². The zero-order chi connectivity index (χ0) is 17.2. The Kier molecular flexibility index (Phi) is 4.00. The first-order valence-corrected chi connectivity index (χ1v) is 8.21. The van der Waals surface area contributed by atoms with Gasteiger partial charge < -0.3 is 9.84 Å². The summed E-state index contributed by atoms with van der Waals surface area (Å²) < 4.78 is 8.20. The van der Waals surface area contributed by atoms with Gasteiger partial charge in [-0.25, -0.2) is 14.3 Å². The highest BCUT2D eigenvalue weighted by Crippen LogP contribution is 2.28. The highest BCUT2D eigenvalue weighted by Gasteiger charge is 2.25. The number of hydrogen-bond acceptors (Lipinski definition) is 8. The third-order valence-corrected chi connectivity index (χ3v) is 4.36. The lowest BCUT2D eigenvalue weighted by molar-refractivity contribution is 0.298. The molecule has 4 rings (SSSR count). The summed E-state index contributed by atoms with van der Waals surface area (Å²) in [6.07, 6.45) is 6.48. The summed E-state index contributed by atoms with van der Waals surface area (Å²) in [4.78, 5) is 20.3. The fourth-order valence-electron chi connectivity index (χ4n) is 3.12. The molecule has 1 aliphatic rings. The minimum Gasteiger partial charge on any atom is -0.335 e. The second-order valence-electron chi connectivity index (χ2n) is 6.11. The highest BCUT2D eigenvalue weighted by molar-refractivity contribution is 5.21. The van der Waals surface area contributed by atoms with E-state index in [0.29, 0.717) is 17.7 Å². The van der Waals surface area contributed by atoms with Gasteiger partial charge in [-0.3, -0.25) is 4.79 Å². The first-order valence-electron chi connectivity index (χ1n) is 8.21. The number of aryl methyl sites for hydroxylation is 1. The number of nitrogens with zero attached hydrogens (tertiary/aromatic N) is 7. The Morgan fingerprint density at radius 2 is 2.08 bits per heavy atom. The molecular weight excluding hydrogens is 324 g/mol. The van der Waals surface area contributed by atoms with Crippen molar-refractivity contribution in [2.45, 2.75) is 44.7 Å². The van der Waals surface area contributed by atoms with E-state index in [4.69, 9.17) is 4.52 Å². The molecule has 0 radical (unpaired) electrons. The van der Waals surface area contributed by atoms with E-state index in [9.17, 15) is 4.79 Å². The smallest absolute Gasteiger partial charge is 0.321 e. The van der Waals surface area contributed by atoms with Crippen molar-refractivity contribution in [2.75, 3.05) is 5.32 Å². The SMILES string of the molecule is Cc1noc(NC2CCC(n3nc(-n4cncn4)ccc3=O)CC2)n1. The van der Waals surface area contributed by atoms with Crippen LogP contribution in [-0.2, 0) is 0 Å². The Bertz CT molecular complexity index is 892. The first-order chi connectivity index (χ1) is 12.2. The van der Waals surface area contributed by atoms with Crippen LogP contribution in [0.5, 0.6) is 0 Å². The van der Waals surface area contributed by atoms with E-state index in [-0.39, 0.29) is 17.6 Å². The summed E-state index contributed by atoms with van der Waals surface area (Å²) >= 11 is 0. The molecule has 3 aromatic rings. The molecule has 0 aliphatic heterocycles. The van der Waals surface area contributed by atoms with Gasteiger partial charge in [0.1, 0.15) is 12.7 Å². The number of hydrogen-bond donors (Lipinski definition) is 1. The lowest BCUT2D eigenvalue weighted by atomic mass is 9.91. The quantitative estimate of drug-likeness (QED) is 0.749. The molecule has 10 nitrogen and oxygen atoms in total. The topological polar surface area (TPSA) is 117 Å². The third kappa shape index (κ3) is 3.28. The van der Waals surface area contributed by atoms with Gasteiger partial charge in [0, 0.05) is 12.1 Å². The number of aromatic nitrogens is 7. The van der Waals surface area contributed by atoms with Crippen LogP contribution in [0.2, 0.25) is 0 Å². The second-order valence-corrected chi connectivity index (χ2v) is 6.11. The molecule has 1 aliphatic carbocycles. The van der Waals surface area contributed by atoms with Crippen LogP contribution >= 0.6 is 0 Å². The summed E-state index contributed by atoms with van der Waals surface area (Å²) in [6, 6.07) is 3.95. The van der Waals surface area contributed by atoms with E-state index in [1.807, 2.05) is 0 Å². The molecule has 0 aromatic carbocycles. The second kappa shape index (κ2) is 6.46. The zero-order valence-electron chi connectivity index (χ0n) is 13.7. The molecule has 1 N–H and O–H groups in total. The normalized spacial score (nSPS) is 20.5. The molecule has 0 amide bonds. The van der Waals surface area contributed by atoms with Crippen LogP contribution in [-0.4, -0.2) is 40.7 Å². The molecule has 3 aromatic heterocycles. The maximum atomic E-state index is 12.2. The summed E-state index contributed by atoms with van der Waals surface area (Å²) in [6.45, 7) is 1.78. The predicted molar refractivity (Wildman–Crippen MR) is 87.4 cm³/mol. The summed E-state index contributed by atoms with van der Waals surface area (Å²) in [5.41, 5.74) is -0.104. The molecule has 3 heterocycles. The van der Waals surface area contributed by atoms with Crippen LogP contribution in [0.3, 0.4) is 0 Å². The molecule has 0 spiro atoms. The number of anilines is 1. The van der Waals surface area contributed by atoms with Crippen molar-refractivity contribution in [3.63, 3.8) is 0 Å². The van der Waals surface area contributed by atoms with Crippen LogP contribution < -0.4 is 10.9 Å². The summed E-state index contributed by atoms with van der Waals surface area (Å²) in [7, 11) is 0. The molecular formula is C15H18N8O2. The van der Waals surface area contributed by atoms with Gasteiger partial charge in [0.05, 0.1) is 6.04 Å². The van der Waals surface area contributed by atoms with E-state index >= 15 is 0 Å². The Morgan fingerprint density at radius 1 is 1.24 bits per heavy atom. The summed E-state index contributed by atoms with van der Waals surface area (Å²) in [5.74, 6) is 1.19. The monoisotopic (exact) mass is 342 g/mol. The molecule has 1 saturated carbocycles. The van der Waals surface area contributed by atoms with Gasteiger partial charge in [0.25, 0.3) is 5.56 Å². The van der Waals surface area contributed by atoms with E-state index in [1.54, 1.807) is 28.7 Å². The van der Waals surface area contributed by atoms with E-state index in [2.05, 4.69) is 30.6 Å². The molecule has 0 atom stereocenters. The zero-order valence-corrected chi connectivity index (χ0v) is 13.7. The Labute approximate surface area is 142 Å². The Morgan fingerprint density at radius 3 is 2.76 bits per heavy atom. The number of rotatable bonds is 4. The van der Waals surface area contributed by atoms with Crippen molar-refractivity contribution in [1.82, 2.24) is 34.7 Å². The maximum absolute atomic E-state index is 12.2. The molecule has 130 valence electrons. The Balaban J connectivity index is 1.45. The van der Waals surface area contributed by atoms with Gasteiger partial charge in [-0.1, -0.05) is 5.16 Å². The van der Waals surface area contributed by atoms with Gasteiger partial charge in [-0.05, 0) is 38.7 Å². The fraction of sp³-hybridized carbons (Fsp3) is 0.467. The standard InChI is InChI=1S/C15H18N8O2/c1-10-18-15(25-21-10)19-11-2-4-12(5-3-11)23-14(24)7-6-13(20-23)22-9-16-8-17-22/h6-9,11-12H,2-5H2,1H3,(H,18,19,21). The van der Waals surface area contributed by atoms with Crippen LogP contribution in [0, 0.1) is 6.92 Å². The van der Waals surface area contributed by atoms with Gasteiger partial charge in [0.15, 0.2) is 11.6 Å². The molecule has 0 saturated heterocycles. The predicted octanol–water partition coefficient (Wildman–Crippen LogP) is 1.11. The molecule has 1 fully saturated rings. The highest BCUT2D eigenvalue weighted by atomic mass is 16.5. The maximum Gasteiger partial charge on any atom is 0.321 e. The Hall–Kier alpha value is -3.04. The van der Waals surface area contributed by atoms with Crippen molar-refractivity contribution >= 4 is 6.01 Å². The van der Waals surface area contributed by atoms with E-state index < -0.39 is 0 Å². The average Bonchev–Trinajstić information content (AvgIpc) is 3.28. The van der Waals surface area contributed by atoms with Crippen molar-refractivity contribution < 1.29 is 4.52 Å². The van der Waals surface area contributed by atoms with Gasteiger partial charge in [-0.15, -0.1) is 5.10 Å². The molecule has 0 unspecified atom stereocenters. The van der Waals surface area contributed by atoms with E-state index in [1.165, 1.54) is 12.4 Å². The van der Waals surface area contributed by atoms with E-state index in [0.717, 1.165) is 25.7 Å². The molecule has 10 heteroatoms. The minimum atomic E-state index is -0.104. The van der Waals surface area contributed by atoms with Crippen LogP contribution in [0.25, 0.3) is 5.82 Å². The average molecular weight is 342 g/mol. The largest absolute Gasteiger partial charge is 0.335 e. The van der Waals surface area contributed by atoms with Crippen LogP contribution in [0.4, 0.5) is 6.01 Å².